The molecule has 1 atom stereocenters. The van der Waals surface area contributed by atoms with Crippen molar-refractivity contribution in [3.63, 3.8) is 0 Å². The maximum absolute atomic E-state index is 12.1. The highest BCUT2D eigenvalue weighted by Crippen LogP contribution is 2.49. The minimum atomic E-state index is 0.190. The van der Waals surface area contributed by atoms with Crippen LogP contribution in [0.1, 0.15) is 25.7 Å². The van der Waals surface area contributed by atoms with Gasteiger partial charge in [0.2, 0.25) is 0 Å². The first kappa shape index (κ1) is 11.7. The molecule has 2 rings (SSSR count). The Balaban J connectivity index is 2.06. The quantitative estimate of drug-likeness (QED) is 0.671. The number of hydrogen-bond acceptors (Lipinski definition) is 2. The maximum Gasteiger partial charge on any atom is 0.319 e. The summed E-state index contributed by atoms with van der Waals surface area (Å²) >= 11 is 0. The number of urea groups is 1. The minimum absolute atomic E-state index is 0.190. The fraction of sp³-hybridized carbons (Fsp3) is 0.917. The van der Waals surface area contributed by atoms with E-state index in [0.717, 1.165) is 19.4 Å². The van der Waals surface area contributed by atoms with Crippen molar-refractivity contribution in [2.75, 3.05) is 34.7 Å². The Labute approximate surface area is 98.2 Å². The number of hydrogen-bond donors (Lipinski definition) is 0. The minimum Gasteiger partial charge on any atom is -0.331 e. The van der Waals surface area contributed by atoms with Crippen molar-refractivity contribution >= 4 is 6.03 Å². The van der Waals surface area contributed by atoms with Gasteiger partial charge >= 0.3 is 6.03 Å². The van der Waals surface area contributed by atoms with Crippen molar-refractivity contribution in [2.24, 2.45) is 0 Å². The fourth-order valence-corrected chi connectivity index (χ4v) is 2.77. The number of amides is 2. The molecule has 1 heterocycles. The van der Waals surface area contributed by atoms with Gasteiger partial charge in [-0.2, -0.15) is 0 Å². The molecule has 1 aliphatic carbocycles. The van der Waals surface area contributed by atoms with Crippen LogP contribution in [0.4, 0.5) is 4.79 Å². The van der Waals surface area contributed by atoms with E-state index in [1.165, 1.54) is 12.8 Å². The van der Waals surface area contributed by atoms with Gasteiger partial charge in [-0.3, -0.25) is 0 Å². The predicted octanol–water partition coefficient (Wildman–Crippen LogP) is 1.23. The summed E-state index contributed by atoms with van der Waals surface area (Å²) in [6, 6.07) is 0.836. The largest absolute Gasteiger partial charge is 0.331 e. The number of carbonyl (C=O) groups is 1. The summed E-state index contributed by atoms with van der Waals surface area (Å²) in [6.07, 6.45) is 4.64. The van der Waals surface area contributed by atoms with Gasteiger partial charge in [-0.25, -0.2) is 4.79 Å². The van der Waals surface area contributed by atoms with E-state index in [-0.39, 0.29) is 11.6 Å². The lowest BCUT2D eigenvalue weighted by Gasteiger charge is -2.43. The number of likely N-dealkylation sites (tertiary alicyclic amines) is 1. The molecule has 0 aromatic heterocycles. The molecule has 1 aliphatic heterocycles. The van der Waals surface area contributed by atoms with Crippen LogP contribution in [0.25, 0.3) is 0 Å². The zero-order valence-electron chi connectivity index (χ0n) is 10.9. The van der Waals surface area contributed by atoms with Gasteiger partial charge in [0.15, 0.2) is 0 Å². The van der Waals surface area contributed by atoms with Crippen molar-refractivity contribution in [3.8, 4) is 0 Å². The van der Waals surface area contributed by atoms with Crippen LogP contribution < -0.4 is 0 Å². The van der Waals surface area contributed by atoms with Crippen LogP contribution in [0, 0.1) is 0 Å². The van der Waals surface area contributed by atoms with Crippen LogP contribution in [0.2, 0.25) is 0 Å². The molecule has 2 amide bonds. The number of carbonyl (C=O) groups excluding carboxylic acids is 1. The maximum atomic E-state index is 12.1. The highest BCUT2D eigenvalue weighted by molar-refractivity contribution is 5.75. The molecule has 1 unspecified atom stereocenters. The molecule has 0 aromatic rings. The van der Waals surface area contributed by atoms with Crippen LogP contribution in [0.15, 0.2) is 0 Å². The second-order valence-electron chi connectivity index (χ2n) is 5.66. The standard InChI is InChI=1S/C12H23N3O/c1-13(2)10-5-8-15(11(16)14(3)4)12(9-10)6-7-12/h10H,5-9H2,1-4H3. The van der Waals surface area contributed by atoms with E-state index in [2.05, 4.69) is 23.9 Å². The van der Waals surface area contributed by atoms with Crippen molar-refractivity contribution in [1.29, 1.82) is 0 Å². The van der Waals surface area contributed by atoms with Gasteiger partial charge in [0.05, 0.1) is 0 Å². The molecule has 2 aliphatic rings. The molecule has 92 valence electrons. The summed E-state index contributed by atoms with van der Waals surface area (Å²) in [5.74, 6) is 0. The Kier molecular flexibility index (Phi) is 2.86. The van der Waals surface area contributed by atoms with E-state index in [9.17, 15) is 4.79 Å². The van der Waals surface area contributed by atoms with Crippen molar-refractivity contribution in [1.82, 2.24) is 14.7 Å². The number of nitrogens with zero attached hydrogens (tertiary/aromatic N) is 3. The molecule has 1 spiro atoms. The van der Waals surface area contributed by atoms with Crippen LogP contribution in [-0.4, -0.2) is 67.0 Å². The molecule has 16 heavy (non-hydrogen) atoms. The molecule has 0 radical (unpaired) electrons. The van der Waals surface area contributed by atoms with Crippen LogP contribution in [0.3, 0.4) is 0 Å². The number of piperidine rings is 1. The van der Waals surface area contributed by atoms with E-state index in [0.29, 0.717) is 6.04 Å². The topological polar surface area (TPSA) is 26.8 Å². The molecule has 0 aromatic carbocycles. The summed E-state index contributed by atoms with van der Waals surface area (Å²) in [7, 11) is 7.97. The smallest absolute Gasteiger partial charge is 0.319 e. The second kappa shape index (κ2) is 3.91. The van der Waals surface area contributed by atoms with E-state index >= 15 is 0 Å². The molecular weight excluding hydrogens is 202 g/mol. The first-order valence-corrected chi connectivity index (χ1v) is 6.12. The van der Waals surface area contributed by atoms with Crippen molar-refractivity contribution in [2.45, 2.75) is 37.3 Å². The summed E-state index contributed by atoms with van der Waals surface area (Å²) < 4.78 is 0. The van der Waals surface area contributed by atoms with Gasteiger partial charge in [0.25, 0.3) is 0 Å². The van der Waals surface area contributed by atoms with Gasteiger partial charge in [-0.1, -0.05) is 0 Å². The second-order valence-corrected chi connectivity index (χ2v) is 5.66. The zero-order chi connectivity index (χ0) is 11.9. The van der Waals surface area contributed by atoms with Crippen molar-refractivity contribution < 1.29 is 4.79 Å². The Hall–Kier alpha value is -0.770. The SMILES string of the molecule is CN(C)C(=O)N1CCC(N(C)C)CC12CC2. The third-order valence-corrected chi connectivity index (χ3v) is 4.05. The normalized spacial score (nSPS) is 27.3. The average Bonchev–Trinajstić information content (AvgIpc) is 2.97. The van der Waals surface area contributed by atoms with E-state index in [1.807, 2.05) is 14.1 Å². The fourth-order valence-electron chi connectivity index (χ4n) is 2.77. The van der Waals surface area contributed by atoms with Crippen molar-refractivity contribution in [3.05, 3.63) is 0 Å². The Morgan fingerprint density at radius 3 is 2.31 bits per heavy atom. The predicted molar refractivity (Wildman–Crippen MR) is 64.5 cm³/mol. The van der Waals surface area contributed by atoms with Gasteiger partial charge < -0.3 is 14.7 Å². The molecule has 0 bridgehead atoms. The third-order valence-electron chi connectivity index (χ3n) is 4.05. The Morgan fingerprint density at radius 1 is 1.25 bits per heavy atom. The lowest BCUT2D eigenvalue weighted by atomic mass is 9.94. The molecule has 1 saturated heterocycles. The van der Waals surface area contributed by atoms with E-state index in [4.69, 9.17) is 0 Å². The van der Waals surface area contributed by atoms with Crippen LogP contribution in [0.5, 0.6) is 0 Å². The zero-order valence-corrected chi connectivity index (χ0v) is 10.9. The van der Waals surface area contributed by atoms with E-state index < -0.39 is 0 Å². The summed E-state index contributed by atoms with van der Waals surface area (Å²) in [5.41, 5.74) is 0.203. The Morgan fingerprint density at radius 2 is 1.88 bits per heavy atom. The lowest BCUT2D eigenvalue weighted by Crippen LogP contribution is -2.54. The summed E-state index contributed by atoms with van der Waals surface area (Å²) in [4.78, 5) is 18.2. The summed E-state index contributed by atoms with van der Waals surface area (Å²) in [6.45, 7) is 0.917. The van der Waals surface area contributed by atoms with Crippen LogP contribution in [-0.2, 0) is 0 Å². The average molecular weight is 225 g/mol. The molecule has 4 heteroatoms. The third kappa shape index (κ3) is 1.90. The highest BCUT2D eigenvalue weighted by Gasteiger charge is 2.53. The van der Waals surface area contributed by atoms with E-state index in [1.54, 1.807) is 4.90 Å². The molecule has 4 nitrogen and oxygen atoms in total. The van der Waals surface area contributed by atoms with Crippen LogP contribution >= 0.6 is 0 Å². The molecule has 2 fully saturated rings. The van der Waals surface area contributed by atoms with Gasteiger partial charge in [0.1, 0.15) is 0 Å². The molecule has 0 N–H and O–H groups in total. The van der Waals surface area contributed by atoms with Gasteiger partial charge in [0, 0.05) is 32.2 Å². The monoisotopic (exact) mass is 225 g/mol. The lowest BCUT2D eigenvalue weighted by molar-refractivity contribution is 0.0808. The first-order chi connectivity index (χ1) is 7.46. The molecular formula is C12H23N3O. The van der Waals surface area contributed by atoms with Gasteiger partial charge in [-0.05, 0) is 39.8 Å². The molecule has 1 saturated carbocycles. The van der Waals surface area contributed by atoms with Gasteiger partial charge in [-0.15, -0.1) is 0 Å². The Bertz CT molecular complexity index is 284. The highest BCUT2D eigenvalue weighted by atomic mass is 16.2. The first-order valence-electron chi connectivity index (χ1n) is 6.12. The summed E-state index contributed by atoms with van der Waals surface area (Å²) in [5, 5.41) is 0. The number of rotatable bonds is 1.